The van der Waals surface area contributed by atoms with Crippen LogP contribution in [0.25, 0.3) is 22.4 Å². The highest BCUT2D eigenvalue weighted by Gasteiger charge is 2.11. The van der Waals surface area contributed by atoms with Crippen molar-refractivity contribution in [2.45, 2.75) is 11.8 Å². The van der Waals surface area contributed by atoms with Crippen LogP contribution in [-0.2, 0) is 0 Å². The number of hydrogen-bond donors (Lipinski definition) is 0. The van der Waals surface area contributed by atoms with Crippen molar-refractivity contribution in [3.8, 4) is 0 Å². The zero-order chi connectivity index (χ0) is 17.6. The molecule has 0 saturated carbocycles. The van der Waals surface area contributed by atoms with Crippen LogP contribution in [0.5, 0.6) is 0 Å². The average Bonchev–Trinajstić information content (AvgIpc) is 2.65. The first-order valence-electron chi connectivity index (χ1n) is 8.49. The number of benzene rings is 3. The van der Waals surface area contributed by atoms with E-state index in [0.717, 1.165) is 11.0 Å². The van der Waals surface area contributed by atoms with E-state index in [-0.39, 0.29) is 0 Å². The van der Waals surface area contributed by atoms with Gasteiger partial charge in [0.1, 0.15) is 0 Å². The highest BCUT2D eigenvalue weighted by atomic mass is 32.2. The lowest BCUT2D eigenvalue weighted by molar-refractivity contribution is 1.39. The summed E-state index contributed by atoms with van der Waals surface area (Å²) in [5, 5.41) is 4.87. The molecule has 0 aliphatic heterocycles. The number of rotatable bonds is 5. The lowest BCUT2D eigenvalue weighted by Crippen LogP contribution is -2.26. The zero-order valence-electron chi connectivity index (χ0n) is 14.5. The fraction of sp³-hybridized carbons (Fsp3) is 0.0833. The number of thioether (sulfide) groups is 1. The number of allylic oxidation sites excluding steroid dienone is 2. The van der Waals surface area contributed by atoms with Crippen LogP contribution in [0.2, 0.25) is 0 Å². The average molecular weight is 343 g/mol. The van der Waals surface area contributed by atoms with Gasteiger partial charge in [-0.1, -0.05) is 92.9 Å². The monoisotopic (exact) mass is 342 g/mol. The van der Waals surface area contributed by atoms with E-state index in [1.165, 1.54) is 32.0 Å². The molecule has 0 spiro atoms. The first-order chi connectivity index (χ1) is 12.3. The van der Waals surface area contributed by atoms with Gasteiger partial charge in [-0.25, -0.2) is 0 Å². The Balaban J connectivity index is 2.51. The first-order valence-corrected chi connectivity index (χ1v) is 9.48. The van der Waals surface area contributed by atoms with Gasteiger partial charge < -0.3 is 0 Å². The normalized spacial score (nSPS) is 12.9. The van der Waals surface area contributed by atoms with E-state index >= 15 is 0 Å². The number of fused-ring (bicyclic) bond motifs is 1. The van der Waals surface area contributed by atoms with E-state index in [1.54, 1.807) is 0 Å². The largest absolute Gasteiger partial charge is 0.126 e. The van der Waals surface area contributed by atoms with Gasteiger partial charge in [0.25, 0.3) is 0 Å². The van der Waals surface area contributed by atoms with Gasteiger partial charge in [0.05, 0.1) is 0 Å². The third-order valence-corrected chi connectivity index (χ3v) is 5.15. The Morgan fingerprint density at radius 3 is 2.48 bits per heavy atom. The molecule has 3 rings (SSSR count). The van der Waals surface area contributed by atoms with E-state index in [2.05, 4.69) is 86.8 Å². The van der Waals surface area contributed by atoms with Crippen molar-refractivity contribution in [1.82, 2.24) is 0 Å². The molecule has 0 aliphatic carbocycles. The van der Waals surface area contributed by atoms with Crippen LogP contribution in [0.4, 0.5) is 0 Å². The fourth-order valence-electron chi connectivity index (χ4n) is 3.17. The highest BCUT2D eigenvalue weighted by Crippen LogP contribution is 2.34. The Morgan fingerprint density at radius 1 is 0.960 bits per heavy atom. The van der Waals surface area contributed by atoms with Gasteiger partial charge in [-0.3, -0.25) is 0 Å². The lowest BCUT2D eigenvalue weighted by Gasteiger charge is -2.14. The Labute approximate surface area is 153 Å². The van der Waals surface area contributed by atoms with Crippen molar-refractivity contribution in [2.75, 3.05) is 5.75 Å². The molecular weight excluding hydrogens is 320 g/mol. The molecule has 0 atom stereocenters. The van der Waals surface area contributed by atoms with Crippen molar-refractivity contribution in [3.05, 3.63) is 102 Å². The minimum absolute atomic E-state index is 1.04. The Kier molecular flexibility index (Phi) is 5.57. The highest BCUT2D eigenvalue weighted by molar-refractivity contribution is 7.99. The van der Waals surface area contributed by atoms with Crippen molar-refractivity contribution < 1.29 is 0 Å². The summed E-state index contributed by atoms with van der Waals surface area (Å²) in [6.45, 7) is 10.2. The Morgan fingerprint density at radius 2 is 1.72 bits per heavy atom. The molecule has 0 bridgehead atoms. The van der Waals surface area contributed by atoms with E-state index in [0.29, 0.717) is 0 Å². The lowest BCUT2D eigenvalue weighted by atomic mass is 9.95. The maximum absolute atomic E-state index is 4.14. The van der Waals surface area contributed by atoms with Crippen LogP contribution in [0.1, 0.15) is 12.5 Å². The molecule has 0 amide bonds. The quantitative estimate of drug-likeness (QED) is 0.567. The molecule has 25 heavy (non-hydrogen) atoms. The van der Waals surface area contributed by atoms with Gasteiger partial charge in [-0.2, -0.15) is 0 Å². The van der Waals surface area contributed by atoms with Gasteiger partial charge in [0, 0.05) is 10.5 Å². The second kappa shape index (κ2) is 8.04. The summed E-state index contributed by atoms with van der Waals surface area (Å²) >= 11 is 1.88. The molecular formula is C24H22S. The molecule has 0 aliphatic rings. The van der Waals surface area contributed by atoms with Crippen LogP contribution in [0, 0.1) is 0 Å². The van der Waals surface area contributed by atoms with Crippen LogP contribution in [0.15, 0.2) is 90.9 Å². The summed E-state index contributed by atoms with van der Waals surface area (Å²) in [5.41, 5.74) is 2.44. The molecule has 0 saturated heterocycles. The smallest absolute Gasteiger partial charge is 0.0157 e. The molecule has 3 aromatic rings. The molecule has 0 radical (unpaired) electrons. The maximum Gasteiger partial charge on any atom is 0.0157 e. The maximum atomic E-state index is 4.14. The fourth-order valence-corrected chi connectivity index (χ4v) is 4.01. The van der Waals surface area contributed by atoms with E-state index in [4.69, 9.17) is 0 Å². The second-order valence-electron chi connectivity index (χ2n) is 5.70. The minimum Gasteiger partial charge on any atom is -0.126 e. The third kappa shape index (κ3) is 3.47. The summed E-state index contributed by atoms with van der Waals surface area (Å²) < 4.78 is 0. The summed E-state index contributed by atoms with van der Waals surface area (Å²) in [6, 6.07) is 21.4. The predicted molar refractivity (Wildman–Crippen MR) is 113 cm³/mol. The van der Waals surface area contributed by atoms with Crippen molar-refractivity contribution in [2.24, 2.45) is 0 Å². The van der Waals surface area contributed by atoms with Crippen molar-refractivity contribution in [1.29, 1.82) is 0 Å². The molecule has 0 aromatic heterocycles. The summed E-state index contributed by atoms with van der Waals surface area (Å²) in [7, 11) is 0. The second-order valence-corrected chi connectivity index (χ2v) is 7.01. The molecule has 0 unspecified atom stereocenters. The molecule has 0 nitrogen and oxygen atoms in total. The van der Waals surface area contributed by atoms with E-state index in [9.17, 15) is 0 Å². The van der Waals surface area contributed by atoms with Crippen LogP contribution in [0.3, 0.4) is 0 Å². The van der Waals surface area contributed by atoms with Crippen molar-refractivity contribution in [3.63, 3.8) is 0 Å². The van der Waals surface area contributed by atoms with Gasteiger partial charge in [0.15, 0.2) is 0 Å². The van der Waals surface area contributed by atoms with Gasteiger partial charge in [-0.05, 0) is 38.6 Å². The van der Waals surface area contributed by atoms with Gasteiger partial charge in [0.2, 0.25) is 0 Å². The molecule has 0 heterocycles. The summed E-state index contributed by atoms with van der Waals surface area (Å²) in [4.78, 5) is 1.30. The van der Waals surface area contributed by atoms with Crippen molar-refractivity contribution >= 4 is 34.2 Å². The summed E-state index contributed by atoms with van der Waals surface area (Å²) in [5.74, 6) is 1.04. The first kappa shape index (κ1) is 17.3. The van der Waals surface area contributed by atoms with Crippen LogP contribution in [-0.4, -0.2) is 5.75 Å². The third-order valence-electron chi connectivity index (χ3n) is 4.21. The molecule has 0 N–H and O–H groups in total. The van der Waals surface area contributed by atoms with Crippen LogP contribution >= 0.6 is 11.8 Å². The van der Waals surface area contributed by atoms with E-state index in [1.807, 2.05) is 23.9 Å². The van der Waals surface area contributed by atoms with Gasteiger partial charge >= 0.3 is 0 Å². The topological polar surface area (TPSA) is 0 Å². The predicted octanol–water partition coefficient (Wildman–Crippen LogP) is 5.30. The van der Waals surface area contributed by atoms with Gasteiger partial charge in [-0.15, -0.1) is 11.8 Å². The molecule has 0 fully saturated rings. The SMILES string of the molecule is C=C/C=c1/cccc/c1=C(/C=C)c1c(SCC)ccc2ccccc12. The molecule has 3 aromatic carbocycles. The molecule has 1 heteroatoms. The molecule has 124 valence electrons. The van der Waals surface area contributed by atoms with E-state index < -0.39 is 0 Å². The number of hydrogen-bond acceptors (Lipinski definition) is 1. The minimum atomic E-state index is 1.04. The zero-order valence-corrected chi connectivity index (χ0v) is 15.4. The summed E-state index contributed by atoms with van der Waals surface area (Å²) in [6.07, 6.45) is 5.87. The van der Waals surface area contributed by atoms with Crippen LogP contribution < -0.4 is 10.4 Å². The Bertz CT molecular complexity index is 1040. The Hall–Kier alpha value is -2.51. The standard InChI is InChI=1S/C24H22S/c1-4-11-18-12-7-9-14-21(18)20(5-2)24-22-15-10-8-13-19(22)16-17-23(24)25-6-3/h4-5,7-17H,1-2,6H2,3H3/b18-11-,21-20+.